The number of carbonyl (C=O) groups is 1. The van der Waals surface area contributed by atoms with E-state index >= 15 is 0 Å². The van der Waals surface area contributed by atoms with E-state index in [1.165, 1.54) is 0 Å². The van der Waals surface area contributed by atoms with E-state index in [-0.39, 0.29) is 11.7 Å². The maximum atomic E-state index is 12.4. The van der Waals surface area contributed by atoms with Crippen molar-refractivity contribution in [2.75, 3.05) is 7.05 Å². The summed E-state index contributed by atoms with van der Waals surface area (Å²) in [4.78, 5) is 19.2. The van der Waals surface area contributed by atoms with Crippen molar-refractivity contribution in [3.63, 3.8) is 0 Å². The number of hydrogen-bond acceptors (Lipinski definition) is 5. The van der Waals surface area contributed by atoms with Crippen molar-refractivity contribution in [3.05, 3.63) is 57.2 Å². The summed E-state index contributed by atoms with van der Waals surface area (Å²) in [7, 11) is 1.72. The Morgan fingerprint density at radius 2 is 2.22 bits per heavy atom. The zero-order valence-electron chi connectivity index (χ0n) is 12.6. The lowest BCUT2D eigenvalue weighted by molar-refractivity contribution is 0.0745. The molecule has 0 saturated carbocycles. The van der Waals surface area contributed by atoms with Crippen LogP contribution in [0.1, 0.15) is 20.4 Å². The van der Waals surface area contributed by atoms with Gasteiger partial charge in [-0.25, -0.2) is 4.98 Å². The molecule has 7 heteroatoms. The molecule has 23 heavy (non-hydrogen) atoms. The van der Waals surface area contributed by atoms with Crippen LogP contribution < -0.4 is 0 Å². The molecule has 1 aromatic carbocycles. The highest BCUT2D eigenvalue weighted by Gasteiger charge is 2.19. The molecule has 0 aliphatic carbocycles. The van der Waals surface area contributed by atoms with Gasteiger partial charge in [0.25, 0.3) is 5.91 Å². The van der Waals surface area contributed by atoms with E-state index in [4.69, 9.17) is 16.1 Å². The quantitative estimate of drug-likeness (QED) is 0.714. The molecule has 0 saturated heterocycles. The fourth-order valence-electron chi connectivity index (χ4n) is 2.13. The molecule has 118 valence electrons. The van der Waals surface area contributed by atoms with Crippen LogP contribution in [0.4, 0.5) is 0 Å². The van der Waals surface area contributed by atoms with Crippen LogP contribution in [0.15, 0.2) is 41.1 Å². The van der Waals surface area contributed by atoms with Gasteiger partial charge in [-0.05, 0) is 19.1 Å². The van der Waals surface area contributed by atoms with Gasteiger partial charge < -0.3 is 9.42 Å². The predicted octanol–water partition coefficient (Wildman–Crippen LogP) is 4.03. The lowest BCUT2D eigenvalue weighted by Gasteiger charge is -2.13. The second-order valence-electron chi connectivity index (χ2n) is 5.09. The number of carbonyl (C=O) groups excluding carboxylic acids is 1. The van der Waals surface area contributed by atoms with Crippen LogP contribution >= 0.6 is 22.9 Å². The molecule has 0 fully saturated rings. The molecule has 0 bridgehead atoms. The molecule has 0 aliphatic rings. The second kappa shape index (κ2) is 6.52. The summed E-state index contributed by atoms with van der Waals surface area (Å²) in [6.07, 6.45) is 1.78. The van der Waals surface area contributed by atoms with E-state index in [9.17, 15) is 4.79 Å². The Bertz CT molecular complexity index is 843. The summed E-state index contributed by atoms with van der Waals surface area (Å²) >= 11 is 7.53. The maximum absolute atomic E-state index is 12.4. The van der Waals surface area contributed by atoms with Crippen molar-refractivity contribution in [2.24, 2.45) is 0 Å². The molecule has 2 aromatic heterocycles. The van der Waals surface area contributed by atoms with E-state index in [1.54, 1.807) is 47.7 Å². The van der Waals surface area contributed by atoms with Crippen LogP contribution in [0.2, 0.25) is 5.02 Å². The average Bonchev–Trinajstić information content (AvgIpc) is 3.16. The van der Waals surface area contributed by atoms with Gasteiger partial charge >= 0.3 is 0 Å². The van der Waals surface area contributed by atoms with Crippen molar-refractivity contribution >= 4 is 28.8 Å². The summed E-state index contributed by atoms with van der Waals surface area (Å²) in [5, 5.41) is 5.53. The van der Waals surface area contributed by atoms with Crippen LogP contribution in [0, 0.1) is 6.92 Å². The van der Waals surface area contributed by atoms with E-state index in [0.29, 0.717) is 17.3 Å². The van der Waals surface area contributed by atoms with Gasteiger partial charge in [-0.15, -0.1) is 11.3 Å². The van der Waals surface area contributed by atoms with Crippen molar-refractivity contribution in [1.82, 2.24) is 15.0 Å². The highest BCUT2D eigenvalue weighted by molar-refractivity contribution is 7.11. The van der Waals surface area contributed by atoms with Crippen LogP contribution in [0.5, 0.6) is 0 Å². The minimum absolute atomic E-state index is 0.198. The first-order chi connectivity index (χ1) is 11.0. The molecule has 5 nitrogen and oxygen atoms in total. The summed E-state index contributed by atoms with van der Waals surface area (Å²) in [6.45, 7) is 2.42. The SMILES string of the molecule is Cc1ncc(CN(C)C(=O)c2cc(-c3cccc(Cl)c3)no2)s1. The van der Waals surface area contributed by atoms with Crippen LogP contribution in [0.25, 0.3) is 11.3 Å². The molecule has 3 aromatic rings. The number of halogens is 1. The highest BCUT2D eigenvalue weighted by Crippen LogP contribution is 2.23. The largest absolute Gasteiger partial charge is 0.350 e. The molecule has 0 atom stereocenters. The second-order valence-corrected chi connectivity index (χ2v) is 6.85. The minimum Gasteiger partial charge on any atom is -0.350 e. The van der Waals surface area contributed by atoms with Gasteiger partial charge in [0.2, 0.25) is 5.76 Å². The Balaban J connectivity index is 1.75. The Hall–Kier alpha value is -2.18. The predicted molar refractivity (Wildman–Crippen MR) is 89.6 cm³/mol. The van der Waals surface area contributed by atoms with Crippen LogP contribution in [0.3, 0.4) is 0 Å². The number of nitrogens with zero attached hydrogens (tertiary/aromatic N) is 3. The third kappa shape index (κ3) is 3.60. The van der Waals surface area contributed by atoms with Gasteiger partial charge in [-0.2, -0.15) is 0 Å². The number of amides is 1. The average molecular weight is 348 g/mol. The van der Waals surface area contributed by atoms with Crippen LogP contribution in [-0.4, -0.2) is 28.0 Å². The molecule has 0 spiro atoms. The Morgan fingerprint density at radius 3 is 2.91 bits per heavy atom. The number of rotatable bonds is 4. The summed E-state index contributed by atoms with van der Waals surface area (Å²) in [5.74, 6) is -0.0273. The molecule has 2 heterocycles. The third-order valence-corrected chi connectivity index (χ3v) is 4.38. The first-order valence-corrected chi connectivity index (χ1v) is 8.12. The first kappa shape index (κ1) is 15.7. The zero-order chi connectivity index (χ0) is 16.4. The van der Waals surface area contributed by atoms with Crippen molar-refractivity contribution in [2.45, 2.75) is 13.5 Å². The van der Waals surface area contributed by atoms with Gasteiger partial charge in [0.15, 0.2) is 0 Å². The molecule has 0 N–H and O–H groups in total. The monoisotopic (exact) mass is 347 g/mol. The fraction of sp³-hybridized carbons (Fsp3) is 0.188. The molecule has 3 rings (SSSR count). The zero-order valence-corrected chi connectivity index (χ0v) is 14.2. The number of hydrogen-bond donors (Lipinski definition) is 0. The Kier molecular flexibility index (Phi) is 4.45. The minimum atomic E-state index is -0.225. The summed E-state index contributed by atoms with van der Waals surface area (Å²) < 4.78 is 5.19. The molecule has 0 unspecified atom stereocenters. The topological polar surface area (TPSA) is 59.2 Å². The van der Waals surface area contributed by atoms with Crippen molar-refractivity contribution in [1.29, 1.82) is 0 Å². The van der Waals surface area contributed by atoms with Crippen LogP contribution in [-0.2, 0) is 6.54 Å². The van der Waals surface area contributed by atoms with E-state index < -0.39 is 0 Å². The standard InChI is InChI=1S/C16H14ClN3O2S/c1-10-18-8-13(23-10)9-20(2)16(21)15-7-14(19-22-15)11-4-3-5-12(17)6-11/h3-8H,9H2,1-2H3. The van der Waals surface area contributed by atoms with Crippen molar-refractivity contribution in [3.8, 4) is 11.3 Å². The van der Waals surface area contributed by atoms with Gasteiger partial charge in [0.1, 0.15) is 5.69 Å². The number of aryl methyl sites for hydroxylation is 1. The maximum Gasteiger partial charge on any atom is 0.292 e. The van der Waals surface area contributed by atoms with Gasteiger partial charge in [-0.3, -0.25) is 4.79 Å². The molecular weight excluding hydrogens is 334 g/mol. The van der Waals surface area contributed by atoms with E-state index in [2.05, 4.69) is 10.1 Å². The summed E-state index contributed by atoms with van der Waals surface area (Å²) in [5.41, 5.74) is 1.39. The molecule has 0 aliphatic heterocycles. The van der Waals surface area contributed by atoms with Crippen molar-refractivity contribution < 1.29 is 9.32 Å². The lowest BCUT2D eigenvalue weighted by atomic mass is 10.1. The van der Waals surface area contributed by atoms with Gasteiger partial charge in [0.05, 0.1) is 11.6 Å². The normalized spacial score (nSPS) is 10.7. The molecule has 1 amide bonds. The third-order valence-electron chi connectivity index (χ3n) is 3.25. The number of benzene rings is 1. The van der Waals surface area contributed by atoms with E-state index in [1.807, 2.05) is 19.1 Å². The molecule has 0 radical (unpaired) electrons. The Labute approximate surface area is 142 Å². The smallest absolute Gasteiger partial charge is 0.292 e. The highest BCUT2D eigenvalue weighted by atomic mass is 35.5. The Morgan fingerprint density at radius 1 is 1.39 bits per heavy atom. The lowest BCUT2D eigenvalue weighted by Crippen LogP contribution is -2.25. The fourth-order valence-corrected chi connectivity index (χ4v) is 3.17. The van der Waals surface area contributed by atoms with Gasteiger partial charge in [-0.1, -0.05) is 28.9 Å². The number of aromatic nitrogens is 2. The number of thiazole rings is 1. The van der Waals surface area contributed by atoms with Gasteiger partial charge in [0, 0.05) is 34.8 Å². The first-order valence-electron chi connectivity index (χ1n) is 6.92. The molecular formula is C16H14ClN3O2S. The van der Waals surface area contributed by atoms with E-state index in [0.717, 1.165) is 15.4 Å². The summed E-state index contributed by atoms with van der Waals surface area (Å²) in [6, 6.07) is 8.87.